The van der Waals surface area contributed by atoms with Gasteiger partial charge in [0.05, 0.1) is 11.6 Å². The molecular weight excluding hydrogens is 449 g/mol. The number of nitrogens with zero attached hydrogens (tertiary/aromatic N) is 1. The lowest BCUT2D eigenvalue weighted by Gasteiger charge is -2.27. The van der Waals surface area contributed by atoms with E-state index in [1.165, 1.54) is 23.1 Å². The molecule has 1 aliphatic rings. The Labute approximate surface area is 181 Å². The van der Waals surface area contributed by atoms with Crippen molar-refractivity contribution in [3.63, 3.8) is 0 Å². The third-order valence-electron chi connectivity index (χ3n) is 5.14. The minimum atomic E-state index is -1.09. The van der Waals surface area contributed by atoms with E-state index < -0.39 is 23.5 Å². The highest BCUT2D eigenvalue weighted by Gasteiger charge is 2.48. The number of Topliss-reactive ketones (excluding diaryl/α,β-unsaturated/α-hetero) is 1. The van der Waals surface area contributed by atoms with E-state index in [2.05, 4.69) is 15.9 Å². The number of aryl methyl sites for hydroxylation is 1. The number of rotatable bonds is 3. The first-order valence-electron chi connectivity index (χ1n) is 9.27. The molecule has 6 heteroatoms. The fourth-order valence-electron chi connectivity index (χ4n) is 3.67. The molecule has 1 N–H and O–H groups in total. The van der Waals surface area contributed by atoms with Gasteiger partial charge >= 0.3 is 0 Å². The number of hydrogen-bond donors (Lipinski definition) is 1. The number of hydrogen-bond acceptors (Lipinski definition) is 3. The molecule has 1 heterocycles. The summed E-state index contributed by atoms with van der Waals surface area (Å²) in [6.45, 7) is 1.81. The van der Waals surface area contributed by atoms with Crippen molar-refractivity contribution in [1.29, 1.82) is 0 Å². The molecule has 0 bridgehead atoms. The van der Waals surface area contributed by atoms with E-state index in [9.17, 15) is 19.1 Å². The summed E-state index contributed by atoms with van der Waals surface area (Å²) in [6.07, 6.45) is 0. The summed E-state index contributed by atoms with van der Waals surface area (Å²) in [4.78, 5) is 27.4. The van der Waals surface area contributed by atoms with Crippen LogP contribution in [-0.4, -0.2) is 16.8 Å². The van der Waals surface area contributed by atoms with E-state index in [0.717, 1.165) is 10.0 Å². The highest BCUT2D eigenvalue weighted by atomic mass is 79.9. The summed E-state index contributed by atoms with van der Waals surface area (Å²) in [6, 6.07) is 18.6. The van der Waals surface area contributed by atoms with Gasteiger partial charge in [0, 0.05) is 21.3 Å². The maximum Gasteiger partial charge on any atom is 0.300 e. The number of ketones is 1. The summed E-state index contributed by atoms with van der Waals surface area (Å²) < 4.78 is 15.6. The van der Waals surface area contributed by atoms with E-state index in [0.29, 0.717) is 11.3 Å². The van der Waals surface area contributed by atoms with Crippen LogP contribution in [0.4, 0.5) is 10.1 Å². The van der Waals surface area contributed by atoms with Crippen molar-refractivity contribution in [3.05, 3.63) is 105 Å². The molecule has 4 nitrogen and oxygen atoms in total. The van der Waals surface area contributed by atoms with Crippen LogP contribution in [0.2, 0.25) is 0 Å². The van der Waals surface area contributed by atoms with Gasteiger partial charge in [0.2, 0.25) is 0 Å². The molecule has 4 rings (SSSR count). The van der Waals surface area contributed by atoms with E-state index >= 15 is 0 Å². The molecule has 0 aliphatic carbocycles. The molecule has 1 saturated heterocycles. The number of benzene rings is 3. The van der Waals surface area contributed by atoms with Gasteiger partial charge in [-0.25, -0.2) is 4.39 Å². The van der Waals surface area contributed by atoms with Crippen LogP contribution in [0.25, 0.3) is 5.76 Å². The van der Waals surface area contributed by atoms with Crippen LogP contribution < -0.4 is 4.90 Å². The minimum absolute atomic E-state index is 0.138. The molecule has 1 aliphatic heterocycles. The lowest BCUT2D eigenvalue weighted by atomic mass is 9.94. The average molecular weight is 466 g/mol. The third-order valence-corrected chi connectivity index (χ3v) is 5.67. The van der Waals surface area contributed by atoms with E-state index in [-0.39, 0.29) is 16.9 Å². The number of para-hydroxylation sites is 1. The fourth-order valence-corrected chi connectivity index (χ4v) is 3.93. The monoisotopic (exact) mass is 465 g/mol. The molecule has 0 radical (unpaired) electrons. The number of halogens is 2. The first-order valence-corrected chi connectivity index (χ1v) is 10.1. The van der Waals surface area contributed by atoms with Gasteiger partial charge in [0.15, 0.2) is 0 Å². The quantitative estimate of drug-likeness (QED) is 0.314. The van der Waals surface area contributed by atoms with Crippen LogP contribution >= 0.6 is 15.9 Å². The van der Waals surface area contributed by atoms with Crippen LogP contribution in [0.15, 0.2) is 82.8 Å². The first-order chi connectivity index (χ1) is 14.4. The standard InChI is InChI=1S/C24H17BrFNO3/c1-14-6-2-5-9-19(14)27-21(17-7-3-4-8-18(17)26)20(23(29)24(27)30)22(28)15-10-12-16(25)13-11-15/h2-13,21,28H,1H3/b22-20+. The Hall–Kier alpha value is -3.25. The molecule has 1 amide bonds. The van der Waals surface area contributed by atoms with Crippen LogP contribution in [0.3, 0.4) is 0 Å². The van der Waals surface area contributed by atoms with E-state index in [1.807, 2.05) is 19.1 Å². The Morgan fingerprint density at radius 2 is 1.60 bits per heavy atom. The topological polar surface area (TPSA) is 57.6 Å². The van der Waals surface area contributed by atoms with Crippen molar-refractivity contribution in [3.8, 4) is 0 Å². The van der Waals surface area contributed by atoms with Gasteiger partial charge in [-0.1, -0.05) is 64.5 Å². The van der Waals surface area contributed by atoms with Crippen LogP contribution in [-0.2, 0) is 9.59 Å². The van der Waals surface area contributed by atoms with Crippen LogP contribution in [0.1, 0.15) is 22.7 Å². The van der Waals surface area contributed by atoms with Gasteiger partial charge in [-0.15, -0.1) is 0 Å². The van der Waals surface area contributed by atoms with Gasteiger partial charge in [0.25, 0.3) is 11.7 Å². The second-order valence-electron chi connectivity index (χ2n) is 6.98. The predicted molar refractivity (Wildman–Crippen MR) is 117 cm³/mol. The van der Waals surface area contributed by atoms with Crippen molar-refractivity contribution >= 4 is 39.1 Å². The maximum atomic E-state index is 14.8. The molecular formula is C24H17BrFNO3. The fraction of sp³-hybridized carbons (Fsp3) is 0.0833. The lowest BCUT2D eigenvalue weighted by molar-refractivity contribution is -0.132. The molecule has 0 saturated carbocycles. The largest absolute Gasteiger partial charge is 0.507 e. The van der Waals surface area contributed by atoms with Crippen molar-refractivity contribution < 1.29 is 19.1 Å². The summed E-state index contributed by atoms with van der Waals surface area (Å²) >= 11 is 3.33. The van der Waals surface area contributed by atoms with Gasteiger partial charge in [-0.2, -0.15) is 0 Å². The second kappa shape index (κ2) is 7.88. The zero-order valence-electron chi connectivity index (χ0n) is 16.0. The zero-order valence-corrected chi connectivity index (χ0v) is 17.6. The molecule has 1 atom stereocenters. The maximum absolute atomic E-state index is 14.8. The number of carbonyl (C=O) groups excluding carboxylic acids is 2. The Morgan fingerprint density at radius 1 is 0.967 bits per heavy atom. The zero-order chi connectivity index (χ0) is 21.4. The molecule has 0 aromatic heterocycles. The number of carbonyl (C=O) groups is 2. The summed E-state index contributed by atoms with van der Waals surface area (Å²) in [5, 5.41) is 11.0. The number of aliphatic hydroxyl groups is 1. The van der Waals surface area contributed by atoms with Gasteiger partial charge in [-0.3, -0.25) is 14.5 Å². The SMILES string of the molecule is Cc1ccccc1N1C(=O)C(=O)/C(=C(/O)c2ccc(Br)cc2)C1c1ccccc1F. The van der Waals surface area contributed by atoms with Crippen LogP contribution in [0, 0.1) is 12.7 Å². The summed E-state index contributed by atoms with van der Waals surface area (Å²) in [5.74, 6) is -2.57. The molecule has 30 heavy (non-hydrogen) atoms. The van der Waals surface area contributed by atoms with Crippen molar-refractivity contribution in [1.82, 2.24) is 0 Å². The molecule has 3 aromatic carbocycles. The average Bonchev–Trinajstić information content (AvgIpc) is 2.99. The Balaban J connectivity index is 1.99. The van der Waals surface area contributed by atoms with E-state index in [4.69, 9.17) is 0 Å². The van der Waals surface area contributed by atoms with Gasteiger partial charge in [-0.05, 0) is 36.8 Å². The molecule has 150 valence electrons. The highest BCUT2D eigenvalue weighted by Crippen LogP contribution is 2.43. The highest BCUT2D eigenvalue weighted by molar-refractivity contribution is 9.10. The number of anilines is 1. The minimum Gasteiger partial charge on any atom is -0.507 e. The third kappa shape index (κ3) is 3.33. The molecule has 3 aromatic rings. The second-order valence-corrected chi connectivity index (χ2v) is 7.90. The number of amides is 1. The smallest absolute Gasteiger partial charge is 0.300 e. The van der Waals surface area contributed by atoms with Gasteiger partial charge in [0.1, 0.15) is 11.6 Å². The van der Waals surface area contributed by atoms with E-state index in [1.54, 1.807) is 42.5 Å². The summed E-state index contributed by atoms with van der Waals surface area (Å²) in [5.41, 5.74) is 1.60. The van der Waals surface area contributed by atoms with Gasteiger partial charge < -0.3 is 5.11 Å². The Morgan fingerprint density at radius 3 is 2.27 bits per heavy atom. The predicted octanol–water partition coefficient (Wildman–Crippen LogP) is 5.52. The lowest BCUT2D eigenvalue weighted by Crippen LogP contribution is -2.30. The normalized spacial score (nSPS) is 18.1. The van der Waals surface area contributed by atoms with Crippen molar-refractivity contribution in [2.75, 3.05) is 4.90 Å². The Bertz CT molecular complexity index is 1190. The van der Waals surface area contributed by atoms with Crippen molar-refractivity contribution in [2.45, 2.75) is 13.0 Å². The van der Waals surface area contributed by atoms with Crippen LogP contribution in [0.5, 0.6) is 0 Å². The number of aliphatic hydroxyl groups excluding tert-OH is 1. The molecule has 1 fully saturated rings. The Kier molecular flexibility index (Phi) is 5.26. The summed E-state index contributed by atoms with van der Waals surface area (Å²) in [7, 11) is 0. The molecule has 0 spiro atoms. The molecule has 1 unspecified atom stereocenters. The van der Waals surface area contributed by atoms with Crippen molar-refractivity contribution in [2.24, 2.45) is 0 Å². The first kappa shape index (κ1) is 20.0.